The van der Waals surface area contributed by atoms with Gasteiger partial charge in [0.15, 0.2) is 16.6 Å². The lowest BCUT2D eigenvalue weighted by Crippen LogP contribution is -2.35. The van der Waals surface area contributed by atoms with E-state index in [2.05, 4.69) is 10.1 Å². The summed E-state index contributed by atoms with van der Waals surface area (Å²) in [7, 11) is 0. The molecule has 0 aliphatic carbocycles. The van der Waals surface area contributed by atoms with Crippen LogP contribution < -0.4 is 4.74 Å². The summed E-state index contributed by atoms with van der Waals surface area (Å²) in [6.07, 6.45) is 3.11. The molecule has 3 aromatic rings. The standard InChI is InChI=1S/C23H15FN4O3S/c24-18-5-2-1-4-15(18)13-31-16-9-7-14(8-10-16)12-17-20(25)28-23(26-21(17)29)32-22(27-28)19-6-3-11-30-19/h1-12,25H,13H2/b17-12-,25-20?. The van der Waals surface area contributed by atoms with Crippen molar-refractivity contribution in [1.82, 2.24) is 5.01 Å². The third kappa shape index (κ3) is 3.85. The number of hydrogen-bond donors (Lipinski definition) is 1. The second-order valence-corrected chi connectivity index (χ2v) is 7.81. The van der Waals surface area contributed by atoms with Gasteiger partial charge in [0.05, 0.1) is 11.8 Å². The van der Waals surface area contributed by atoms with E-state index in [1.165, 1.54) is 29.1 Å². The summed E-state index contributed by atoms with van der Waals surface area (Å²) in [5, 5.41) is 15.0. The number of amidine groups is 2. The van der Waals surface area contributed by atoms with E-state index in [0.717, 1.165) is 0 Å². The number of nitrogens with zero attached hydrogens (tertiary/aromatic N) is 3. The van der Waals surface area contributed by atoms with Gasteiger partial charge in [-0.05, 0) is 53.7 Å². The molecule has 0 radical (unpaired) electrons. The van der Waals surface area contributed by atoms with Crippen LogP contribution in [-0.4, -0.2) is 27.0 Å². The molecule has 2 aliphatic rings. The lowest BCUT2D eigenvalue weighted by molar-refractivity contribution is -0.114. The molecule has 0 saturated heterocycles. The molecule has 0 atom stereocenters. The van der Waals surface area contributed by atoms with Crippen molar-refractivity contribution < 1.29 is 18.3 Å². The van der Waals surface area contributed by atoms with E-state index in [4.69, 9.17) is 14.6 Å². The maximum absolute atomic E-state index is 13.7. The van der Waals surface area contributed by atoms with E-state index in [0.29, 0.717) is 32.8 Å². The summed E-state index contributed by atoms with van der Waals surface area (Å²) < 4.78 is 24.7. The number of aliphatic imine (C=N–C) groups is 1. The first kappa shape index (κ1) is 20.0. The van der Waals surface area contributed by atoms with Crippen LogP contribution in [0.15, 0.2) is 87.0 Å². The maximum atomic E-state index is 13.7. The third-order valence-electron chi connectivity index (χ3n) is 4.73. The molecule has 1 aromatic heterocycles. The number of ether oxygens (including phenoxy) is 1. The van der Waals surface area contributed by atoms with Crippen LogP contribution >= 0.6 is 11.8 Å². The topological polar surface area (TPSA) is 91.2 Å². The van der Waals surface area contributed by atoms with Crippen LogP contribution in [0, 0.1) is 11.2 Å². The van der Waals surface area contributed by atoms with Crippen LogP contribution in [0.5, 0.6) is 5.75 Å². The molecule has 0 bridgehead atoms. The van der Waals surface area contributed by atoms with E-state index in [1.807, 2.05) is 0 Å². The number of rotatable bonds is 5. The van der Waals surface area contributed by atoms with Gasteiger partial charge in [0.2, 0.25) is 5.17 Å². The average molecular weight is 446 g/mol. The predicted octanol–water partition coefficient (Wildman–Crippen LogP) is 4.67. The molecule has 0 spiro atoms. The minimum Gasteiger partial charge on any atom is -0.489 e. The molecule has 1 amide bonds. The summed E-state index contributed by atoms with van der Waals surface area (Å²) in [5.41, 5.74) is 1.28. The molecule has 158 valence electrons. The molecule has 0 saturated carbocycles. The second-order valence-electron chi connectivity index (χ2n) is 6.85. The first-order valence-corrected chi connectivity index (χ1v) is 10.4. The van der Waals surface area contributed by atoms with Crippen molar-refractivity contribution >= 4 is 39.8 Å². The van der Waals surface area contributed by atoms with Gasteiger partial charge in [-0.25, -0.2) is 4.39 Å². The smallest absolute Gasteiger partial charge is 0.283 e. The maximum Gasteiger partial charge on any atom is 0.283 e. The van der Waals surface area contributed by atoms with Crippen LogP contribution in [0.2, 0.25) is 0 Å². The molecular formula is C23H15FN4O3S. The number of halogens is 1. The van der Waals surface area contributed by atoms with E-state index in [9.17, 15) is 9.18 Å². The van der Waals surface area contributed by atoms with Gasteiger partial charge in [-0.2, -0.15) is 15.1 Å². The molecule has 3 heterocycles. The Bertz CT molecular complexity index is 1300. The summed E-state index contributed by atoms with van der Waals surface area (Å²) >= 11 is 1.17. The number of furan rings is 1. The quantitative estimate of drug-likeness (QED) is 0.576. The molecule has 5 rings (SSSR count). The summed E-state index contributed by atoms with van der Waals surface area (Å²) in [6, 6.07) is 16.9. The van der Waals surface area contributed by atoms with Crippen molar-refractivity contribution in [1.29, 1.82) is 5.41 Å². The summed E-state index contributed by atoms with van der Waals surface area (Å²) in [5.74, 6) is 0.216. The molecular weight excluding hydrogens is 431 g/mol. The van der Waals surface area contributed by atoms with Gasteiger partial charge in [0, 0.05) is 5.56 Å². The van der Waals surface area contributed by atoms with Crippen molar-refractivity contribution in [2.75, 3.05) is 0 Å². The lowest BCUT2D eigenvalue weighted by atomic mass is 10.1. The molecule has 2 aromatic carbocycles. The predicted molar refractivity (Wildman–Crippen MR) is 120 cm³/mol. The zero-order valence-corrected chi connectivity index (χ0v) is 17.3. The van der Waals surface area contributed by atoms with Gasteiger partial charge in [0.1, 0.15) is 18.2 Å². The number of carbonyl (C=O) groups is 1. The Kier molecular flexibility index (Phi) is 5.16. The van der Waals surface area contributed by atoms with Crippen LogP contribution in [-0.2, 0) is 11.4 Å². The number of carbonyl (C=O) groups excluding carboxylic acids is 1. The molecule has 7 nitrogen and oxygen atoms in total. The highest BCUT2D eigenvalue weighted by Crippen LogP contribution is 2.31. The fourth-order valence-corrected chi connectivity index (χ4v) is 3.95. The fourth-order valence-electron chi connectivity index (χ4n) is 3.10. The van der Waals surface area contributed by atoms with Crippen LogP contribution in [0.4, 0.5) is 4.39 Å². The van der Waals surface area contributed by atoms with Crippen molar-refractivity contribution in [3.05, 3.63) is 95.2 Å². The number of thioether (sulfide) groups is 1. The minimum absolute atomic E-state index is 0.0612. The van der Waals surface area contributed by atoms with Gasteiger partial charge >= 0.3 is 0 Å². The Morgan fingerprint density at radius 3 is 2.69 bits per heavy atom. The van der Waals surface area contributed by atoms with E-state index < -0.39 is 5.91 Å². The van der Waals surface area contributed by atoms with Gasteiger partial charge in [0.25, 0.3) is 5.91 Å². The molecule has 1 N–H and O–H groups in total. The first-order chi connectivity index (χ1) is 15.6. The lowest BCUT2D eigenvalue weighted by Gasteiger charge is -2.20. The molecule has 0 unspecified atom stereocenters. The fraction of sp³-hybridized carbons (Fsp3) is 0.0435. The van der Waals surface area contributed by atoms with Crippen molar-refractivity contribution in [2.24, 2.45) is 10.1 Å². The van der Waals surface area contributed by atoms with Crippen molar-refractivity contribution in [3.63, 3.8) is 0 Å². The monoisotopic (exact) mass is 446 g/mol. The highest BCUT2D eigenvalue weighted by molar-refractivity contribution is 8.27. The minimum atomic E-state index is -0.510. The number of benzene rings is 2. The van der Waals surface area contributed by atoms with Gasteiger partial charge in [-0.3, -0.25) is 10.2 Å². The van der Waals surface area contributed by atoms with E-state index in [-0.39, 0.29) is 23.8 Å². The highest BCUT2D eigenvalue weighted by atomic mass is 32.2. The summed E-state index contributed by atoms with van der Waals surface area (Å²) in [4.78, 5) is 16.6. The average Bonchev–Trinajstić information content (AvgIpc) is 3.47. The zero-order chi connectivity index (χ0) is 22.1. The van der Waals surface area contributed by atoms with Gasteiger partial charge in [-0.1, -0.05) is 30.3 Å². The molecule has 2 aliphatic heterocycles. The molecule has 9 heteroatoms. The van der Waals surface area contributed by atoms with Crippen molar-refractivity contribution in [2.45, 2.75) is 6.61 Å². The number of amides is 1. The van der Waals surface area contributed by atoms with E-state index >= 15 is 0 Å². The normalized spacial score (nSPS) is 16.8. The second kappa shape index (κ2) is 8.27. The Morgan fingerprint density at radius 2 is 1.94 bits per heavy atom. The first-order valence-electron chi connectivity index (χ1n) is 9.59. The third-order valence-corrected chi connectivity index (χ3v) is 5.65. The van der Waals surface area contributed by atoms with Gasteiger partial charge in [-0.15, -0.1) is 0 Å². The highest BCUT2D eigenvalue weighted by Gasteiger charge is 2.36. The van der Waals surface area contributed by atoms with E-state index in [1.54, 1.807) is 60.7 Å². The van der Waals surface area contributed by atoms with Crippen LogP contribution in [0.1, 0.15) is 16.9 Å². The Labute approximate surface area is 186 Å². The largest absolute Gasteiger partial charge is 0.489 e. The number of fused-ring (bicyclic) bond motifs is 1. The van der Waals surface area contributed by atoms with Crippen LogP contribution in [0.25, 0.3) is 6.08 Å². The SMILES string of the molecule is N=C1/C(=C/c2ccc(OCc3ccccc3F)cc2)C(=O)N=C2SC(c3ccco3)=NN12. The van der Waals surface area contributed by atoms with Gasteiger partial charge < -0.3 is 9.15 Å². The Balaban J connectivity index is 1.32. The van der Waals surface area contributed by atoms with Crippen LogP contribution in [0.3, 0.4) is 0 Å². The summed E-state index contributed by atoms with van der Waals surface area (Å²) in [6.45, 7) is 0.108. The molecule has 32 heavy (non-hydrogen) atoms. The number of hydrazone groups is 1. The number of nitrogens with one attached hydrogen (secondary N) is 1. The molecule has 0 fully saturated rings. The zero-order valence-electron chi connectivity index (χ0n) is 16.5. The Hall–Kier alpha value is -3.98. The van der Waals surface area contributed by atoms with Crippen molar-refractivity contribution in [3.8, 4) is 5.75 Å². The number of hydrogen-bond acceptors (Lipinski definition) is 6. The Morgan fingerprint density at radius 1 is 1.12 bits per heavy atom.